The molecule has 0 aliphatic heterocycles. The monoisotopic (exact) mass is 348 g/mol. The van der Waals surface area contributed by atoms with Crippen molar-refractivity contribution in [2.75, 3.05) is 16.4 Å². The molecule has 0 bridgehead atoms. The Balaban J connectivity index is 1.93. The van der Waals surface area contributed by atoms with E-state index in [1.807, 2.05) is 26.0 Å². The van der Waals surface area contributed by atoms with Crippen molar-refractivity contribution >= 4 is 23.4 Å². The van der Waals surface area contributed by atoms with Crippen LogP contribution in [0, 0.1) is 0 Å². The molecule has 7 heteroatoms. The van der Waals surface area contributed by atoms with Crippen LogP contribution in [0.4, 0.5) is 17.5 Å². The maximum Gasteiger partial charge on any atom is 0.256 e. The summed E-state index contributed by atoms with van der Waals surface area (Å²) in [6, 6.07) is 12.4. The van der Waals surface area contributed by atoms with Gasteiger partial charge in [0.25, 0.3) is 5.91 Å². The summed E-state index contributed by atoms with van der Waals surface area (Å²) < 4.78 is 0. The van der Waals surface area contributed by atoms with Gasteiger partial charge in [-0.1, -0.05) is 6.07 Å². The Morgan fingerprint density at radius 1 is 1.12 bits per heavy atom. The molecule has 2 aromatic heterocycles. The van der Waals surface area contributed by atoms with Crippen molar-refractivity contribution < 1.29 is 4.79 Å². The minimum atomic E-state index is -0.288. The summed E-state index contributed by atoms with van der Waals surface area (Å²) >= 11 is 0. The van der Waals surface area contributed by atoms with Gasteiger partial charge in [-0.25, -0.2) is 4.98 Å². The summed E-state index contributed by atoms with van der Waals surface area (Å²) in [7, 11) is 0. The smallest absolute Gasteiger partial charge is 0.256 e. The predicted molar refractivity (Wildman–Crippen MR) is 103 cm³/mol. The highest BCUT2D eigenvalue weighted by Gasteiger charge is 2.12. The van der Waals surface area contributed by atoms with Gasteiger partial charge in [-0.15, -0.1) is 0 Å². The first kappa shape index (κ1) is 17.3. The highest BCUT2D eigenvalue weighted by Crippen LogP contribution is 2.21. The fourth-order valence-corrected chi connectivity index (χ4v) is 2.36. The van der Waals surface area contributed by atoms with Crippen LogP contribution in [0.15, 0.2) is 54.9 Å². The van der Waals surface area contributed by atoms with E-state index in [0.717, 1.165) is 5.56 Å². The van der Waals surface area contributed by atoms with Crippen LogP contribution in [-0.4, -0.2) is 26.9 Å². The fourth-order valence-electron chi connectivity index (χ4n) is 2.36. The number of benzene rings is 1. The molecule has 3 rings (SSSR count). The number of nitrogens with two attached hydrogens (primary N) is 1. The number of amides is 1. The molecule has 0 aliphatic rings. The number of hydrogen-bond donors (Lipinski definition) is 3. The van der Waals surface area contributed by atoms with E-state index in [2.05, 4.69) is 25.6 Å². The van der Waals surface area contributed by atoms with E-state index in [9.17, 15) is 4.79 Å². The van der Waals surface area contributed by atoms with Crippen LogP contribution in [0.5, 0.6) is 0 Å². The second-order valence-electron chi connectivity index (χ2n) is 6.08. The highest BCUT2D eigenvalue weighted by molar-refractivity contribution is 6.04. The zero-order valence-corrected chi connectivity index (χ0v) is 14.6. The number of anilines is 3. The molecule has 0 radical (unpaired) electrons. The summed E-state index contributed by atoms with van der Waals surface area (Å²) in [5, 5.41) is 5.97. The molecule has 0 aliphatic carbocycles. The second-order valence-corrected chi connectivity index (χ2v) is 6.08. The van der Waals surface area contributed by atoms with Crippen molar-refractivity contribution in [1.29, 1.82) is 0 Å². The van der Waals surface area contributed by atoms with E-state index < -0.39 is 0 Å². The van der Waals surface area contributed by atoms with Gasteiger partial charge in [0, 0.05) is 41.3 Å². The summed E-state index contributed by atoms with van der Waals surface area (Å²) in [6.07, 6.45) is 3.41. The minimum Gasteiger partial charge on any atom is -0.399 e. The molecule has 26 heavy (non-hydrogen) atoms. The van der Waals surface area contributed by atoms with Crippen LogP contribution >= 0.6 is 0 Å². The largest absolute Gasteiger partial charge is 0.399 e. The van der Waals surface area contributed by atoms with Gasteiger partial charge in [0.1, 0.15) is 5.82 Å². The van der Waals surface area contributed by atoms with Gasteiger partial charge in [0.05, 0.1) is 5.69 Å². The van der Waals surface area contributed by atoms with Crippen LogP contribution in [-0.2, 0) is 0 Å². The van der Waals surface area contributed by atoms with Gasteiger partial charge >= 0.3 is 0 Å². The number of rotatable bonds is 5. The zero-order valence-electron chi connectivity index (χ0n) is 14.6. The number of hydrogen-bond acceptors (Lipinski definition) is 6. The van der Waals surface area contributed by atoms with Crippen LogP contribution in [0.1, 0.15) is 24.2 Å². The Hall–Kier alpha value is -3.48. The van der Waals surface area contributed by atoms with Crippen LogP contribution in [0.3, 0.4) is 0 Å². The maximum absolute atomic E-state index is 12.5. The number of carbonyl (C=O) groups is 1. The Morgan fingerprint density at radius 2 is 1.96 bits per heavy atom. The number of nitrogens with one attached hydrogen (secondary N) is 2. The van der Waals surface area contributed by atoms with Crippen LogP contribution < -0.4 is 16.4 Å². The third-order valence-electron chi connectivity index (χ3n) is 3.49. The van der Waals surface area contributed by atoms with Crippen molar-refractivity contribution in [3.05, 3.63) is 60.4 Å². The number of carbonyl (C=O) groups excluding carboxylic acids is 1. The molecular weight excluding hydrogens is 328 g/mol. The van der Waals surface area contributed by atoms with Crippen molar-refractivity contribution in [2.24, 2.45) is 0 Å². The number of pyridine rings is 1. The van der Waals surface area contributed by atoms with Crippen LogP contribution in [0.25, 0.3) is 11.3 Å². The summed E-state index contributed by atoms with van der Waals surface area (Å²) in [4.78, 5) is 25.5. The van der Waals surface area contributed by atoms with Crippen molar-refractivity contribution in [1.82, 2.24) is 15.0 Å². The minimum absolute atomic E-state index is 0.150. The molecule has 132 valence electrons. The number of nitrogens with zero attached hydrogens (tertiary/aromatic N) is 3. The number of aromatic nitrogens is 3. The first-order chi connectivity index (χ1) is 12.5. The Morgan fingerprint density at radius 3 is 2.65 bits per heavy atom. The van der Waals surface area contributed by atoms with Gasteiger partial charge in [-0.3, -0.25) is 9.78 Å². The van der Waals surface area contributed by atoms with Crippen molar-refractivity contribution in [3.8, 4) is 11.3 Å². The Labute approximate surface area is 151 Å². The van der Waals surface area contributed by atoms with E-state index in [1.54, 1.807) is 42.7 Å². The van der Waals surface area contributed by atoms with Gasteiger partial charge in [-0.05, 0) is 44.2 Å². The molecule has 7 nitrogen and oxygen atoms in total. The SMILES string of the molecule is CC(C)Nc1nc(NC(=O)c2cccc(N)c2)cc(-c2cccnc2)n1. The van der Waals surface area contributed by atoms with Crippen molar-refractivity contribution in [2.45, 2.75) is 19.9 Å². The summed E-state index contributed by atoms with van der Waals surface area (Å²) in [5.41, 5.74) is 8.24. The third-order valence-corrected chi connectivity index (χ3v) is 3.49. The lowest BCUT2D eigenvalue weighted by molar-refractivity contribution is 0.102. The number of nitrogen functional groups attached to an aromatic ring is 1. The average Bonchev–Trinajstić information content (AvgIpc) is 2.61. The lowest BCUT2D eigenvalue weighted by Gasteiger charge is -2.12. The molecule has 4 N–H and O–H groups in total. The van der Waals surface area contributed by atoms with Gasteiger partial charge in [0.2, 0.25) is 5.95 Å². The standard InChI is InChI=1S/C19H20N6O/c1-12(2)22-19-23-16(14-6-4-8-21-11-14)10-17(25-19)24-18(26)13-5-3-7-15(20)9-13/h3-12H,20H2,1-2H3,(H2,22,23,24,25,26). The summed E-state index contributed by atoms with van der Waals surface area (Å²) in [5.74, 6) is 0.544. The van der Waals surface area contributed by atoms with Gasteiger partial charge in [0.15, 0.2) is 0 Å². The van der Waals surface area contributed by atoms with E-state index in [1.165, 1.54) is 0 Å². The topological polar surface area (TPSA) is 106 Å². The lowest BCUT2D eigenvalue weighted by Crippen LogP contribution is -2.17. The Kier molecular flexibility index (Phi) is 5.07. The molecule has 3 aromatic rings. The molecular formula is C19H20N6O. The fraction of sp³-hybridized carbons (Fsp3) is 0.158. The lowest BCUT2D eigenvalue weighted by atomic mass is 10.2. The molecule has 0 spiro atoms. The summed E-state index contributed by atoms with van der Waals surface area (Å²) in [6.45, 7) is 3.98. The van der Waals surface area contributed by atoms with Crippen LogP contribution in [0.2, 0.25) is 0 Å². The van der Waals surface area contributed by atoms with Gasteiger partial charge in [-0.2, -0.15) is 4.98 Å². The average molecular weight is 348 g/mol. The van der Waals surface area contributed by atoms with Crippen molar-refractivity contribution in [3.63, 3.8) is 0 Å². The van der Waals surface area contributed by atoms with E-state index >= 15 is 0 Å². The molecule has 1 amide bonds. The molecule has 0 fully saturated rings. The van der Waals surface area contributed by atoms with Gasteiger partial charge < -0.3 is 16.4 Å². The molecule has 0 unspecified atom stereocenters. The molecule has 0 atom stereocenters. The molecule has 0 saturated carbocycles. The Bertz CT molecular complexity index is 911. The first-order valence-electron chi connectivity index (χ1n) is 8.24. The van der Waals surface area contributed by atoms with E-state index in [0.29, 0.717) is 28.7 Å². The maximum atomic E-state index is 12.5. The zero-order chi connectivity index (χ0) is 18.5. The molecule has 1 aromatic carbocycles. The normalized spacial score (nSPS) is 10.6. The van der Waals surface area contributed by atoms with E-state index in [-0.39, 0.29) is 11.9 Å². The quantitative estimate of drug-likeness (QED) is 0.612. The predicted octanol–water partition coefficient (Wildman–Crippen LogP) is 3.19. The first-order valence-corrected chi connectivity index (χ1v) is 8.24. The molecule has 0 saturated heterocycles. The second kappa shape index (κ2) is 7.60. The third kappa shape index (κ3) is 4.32. The van der Waals surface area contributed by atoms with E-state index in [4.69, 9.17) is 5.73 Å². The highest BCUT2D eigenvalue weighted by atomic mass is 16.1. The molecule has 2 heterocycles.